The molecule has 4 nitrogen and oxygen atoms in total. The van der Waals surface area contributed by atoms with Gasteiger partial charge in [0.1, 0.15) is 5.65 Å². The first-order chi connectivity index (χ1) is 10.2. The zero-order valence-electron chi connectivity index (χ0n) is 12.0. The lowest BCUT2D eigenvalue weighted by Gasteiger charge is -2.11. The van der Waals surface area contributed by atoms with Gasteiger partial charge in [-0.1, -0.05) is 29.8 Å². The predicted molar refractivity (Wildman–Crippen MR) is 81.3 cm³/mol. The van der Waals surface area contributed by atoms with Crippen LogP contribution >= 0.6 is 0 Å². The molecule has 0 spiro atoms. The largest absolute Gasteiger partial charge is 0.462 e. The second-order valence-electron chi connectivity index (χ2n) is 4.85. The van der Waals surface area contributed by atoms with E-state index < -0.39 is 0 Å². The molecule has 0 aliphatic carbocycles. The van der Waals surface area contributed by atoms with E-state index in [9.17, 15) is 4.79 Å². The number of benzene rings is 1. The van der Waals surface area contributed by atoms with Crippen LogP contribution in [0.3, 0.4) is 0 Å². The summed E-state index contributed by atoms with van der Waals surface area (Å²) in [7, 11) is 0. The van der Waals surface area contributed by atoms with E-state index in [1.54, 1.807) is 19.2 Å². The third-order valence-electron chi connectivity index (χ3n) is 3.40. The lowest BCUT2D eigenvalue weighted by atomic mass is 10.00. The van der Waals surface area contributed by atoms with Gasteiger partial charge in [-0.3, -0.25) is 0 Å². The average Bonchev–Trinajstić information content (AvgIpc) is 2.96. The van der Waals surface area contributed by atoms with E-state index in [-0.39, 0.29) is 5.97 Å². The second-order valence-corrected chi connectivity index (χ2v) is 4.85. The van der Waals surface area contributed by atoms with Crippen molar-refractivity contribution in [2.24, 2.45) is 0 Å². The normalized spacial score (nSPS) is 10.8. The molecule has 4 heteroatoms. The number of carbonyl (C=O) groups is 1. The van der Waals surface area contributed by atoms with Crippen LogP contribution < -0.4 is 0 Å². The van der Waals surface area contributed by atoms with Crippen molar-refractivity contribution in [3.05, 3.63) is 60.0 Å². The lowest BCUT2D eigenvalue weighted by molar-refractivity contribution is 0.0527. The molecule has 0 aliphatic heterocycles. The number of carbonyl (C=O) groups excluding carboxylic acids is 1. The van der Waals surface area contributed by atoms with Gasteiger partial charge in [-0.2, -0.15) is 0 Å². The molecule has 21 heavy (non-hydrogen) atoms. The van der Waals surface area contributed by atoms with E-state index in [0.717, 1.165) is 16.8 Å². The highest BCUT2D eigenvalue weighted by Gasteiger charge is 2.18. The van der Waals surface area contributed by atoms with Crippen molar-refractivity contribution >= 4 is 11.6 Å². The molecule has 2 aromatic heterocycles. The van der Waals surface area contributed by atoms with Crippen LogP contribution in [0.1, 0.15) is 22.8 Å². The number of hydrogen-bond acceptors (Lipinski definition) is 3. The Morgan fingerprint density at radius 1 is 1.19 bits per heavy atom. The van der Waals surface area contributed by atoms with Crippen LogP contribution in [0, 0.1) is 6.92 Å². The maximum Gasteiger partial charge on any atom is 0.338 e. The Bertz CT molecular complexity index is 788. The van der Waals surface area contributed by atoms with Crippen LogP contribution in [0.2, 0.25) is 0 Å². The SMILES string of the molecule is CCOC(=O)c1ccn2ccnc2c1-c1ccc(C)cc1. The minimum absolute atomic E-state index is 0.321. The molecule has 0 fully saturated rings. The Hall–Kier alpha value is -2.62. The van der Waals surface area contributed by atoms with E-state index in [1.807, 2.05) is 48.0 Å². The molecular formula is C17H16N2O2. The van der Waals surface area contributed by atoms with Gasteiger partial charge < -0.3 is 9.14 Å². The standard InChI is InChI=1S/C17H16N2O2/c1-3-21-17(20)14-8-10-19-11-9-18-16(19)15(14)13-6-4-12(2)5-7-13/h4-11H,3H2,1-2H3. The van der Waals surface area contributed by atoms with Crippen molar-refractivity contribution < 1.29 is 9.53 Å². The summed E-state index contributed by atoms with van der Waals surface area (Å²) in [4.78, 5) is 16.6. The molecule has 0 atom stereocenters. The van der Waals surface area contributed by atoms with Gasteiger partial charge in [0.2, 0.25) is 0 Å². The van der Waals surface area contributed by atoms with Crippen molar-refractivity contribution in [3.8, 4) is 11.1 Å². The summed E-state index contributed by atoms with van der Waals surface area (Å²) in [5, 5.41) is 0. The third kappa shape index (κ3) is 2.40. The van der Waals surface area contributed by atoms with Crippen LogP contribution in [-0.4, -0.2) is 22.0 Å². The highest BCUT2D eigenvalue weighted by Crippen LogP contribution is 2.28. The minimum Gasteiger partial charge on any atom is -0.462 e. The zero-order valence-corrected chi connectivity index (χ0v) is 12.0. The number of rotatable bonds is 3. The van der Waals surface area contributed by atoms with Crippen LogP contribution in [0.5, 0.6) is 0 Å². The van der Waals surface area contributed by atoms with E-state index in [4.69, 9.17) is 4.74 Å². The van der Waals surface area contributed by atoms with E-state index in [1.165, 1.54) is 5.56 Å². The molecule has 0 aliphatic rings. The van der Waals surface area contributed by atoms with Gasteiger partial charge >= 0.3 is 5.97 Å². The maximum absolute atomic E-state index is 12.2. The third-order valence-corrected chi connectivity index (χ3v) is 3.40. The first-order valence-corrected chi connectivity index (χ1v) is 6.90. The molecule has 2 heterocycles. The molecule has 0 saturated heterocycles. The molecule has 0 saturated carbocycles. The van der Waals surface area contributed by atoms with Gasteiger partial charge in [-0.25, -0.2) is 9.78 Å². The number of aryl methyl sites for hydroxylation is 1. The summed E-state index contributed by atoms with van der Waals surface area (Å²) in [5.41, 5.74) is 4.23. The molecule has 0 amide bonds. The number of ether oxygens (including phenoxy) is 1. The lowest BCUT2D eigenvalue weighted by Crippen LogP contribution is -2.08. The molecule has 0 unspecified atom stereocenters. The van der Waals surface area contributed by atoms with Gasteiger partial charge in [0.15, 0.2) is 0 Å². The van der Waals surface area contributed by atoms with Gasteiger partial charge in [0.25, 0.3) is 0 Å². The fraction of sp³-hybridized carbons (Fsp3) is 0.176. The Kier molecular flexibility index (Phi) is 3.44. The number of pyridine rings is 1. The molecule has 0 bridgehead atoms. The van der Waals surface area contributed by atoms with Crippen LogP contribution in [-0.2, 0) is 4.74 Å². The molecule has 1 aromatic carbocycles. The smallest absolute Gasteiger partial charge is 0.338 e. The molecule has 0 N–H and O–H groups in total. The van der Waals surface area contributed by atoms with E-state index in [2.05, 4.69) is 4.98 Å². The van der Waals surface area contributed by atoms with Crippen molar-refractivity contribution in [3.63, 3.8) is 0 Å². The Labute approximate surface area is 123 Å². The fourth-order valence-corrected chi connectivity index (χ4v) is 2.37. The zero-order chi connectivity index (χ0) is 14.8. The number of fused-ring (bicyclic) bond motifs is 1. The van der Waals surface area contributed by atoms with Gasteiger partial charge in [0, 0.05) is 24.2 Å². The highest BCUT2D eigenvalue weighted by molar-refractivity contribution is 6.01. The van der Waals surface area contributed by atoms with Crippen LogP contribution in [0.4, 0.5) is 0 Å². The molecular weight excluding hydrogens is 264 g/mol. The van der Waals surface area contributed by atoms with E-state index >= 15 is 0 Å². The highest BCUT2D eigenvalue weighted by atomic mass is 16.5. The Morgan fingerprint density at radius 3 is 2.67 bits per heavy atom. The van der Waals surface area contributed by atoms with Crippen molar-refractivity contribution in [1.82, 2.24) is 9.38 Å². The summed E-state index contributed by atoms with van der Waals surface area (Å²) in [6.07, 6.45) is 5.41. The monoisotopic (exact) mass is 280 g/mol. The summed E-state index contributed by atoms with van der Waals surface area (Å²) < 4.78 is 7.06. The second kappa shape index (κ2) is 5.40. The first kappa shape index (κ1) is 13.4. The van der Waals surface area contributed by atoms with Gasteiger partial charge in [0.05, 0.1) is 12.2 Å². The summed E-state index contributed by atoms with van der Waals surface area (Å²) in [5.74, 6) is -0.321. The fourth-order valence-electron chi connectivity index (χ4n) is 2.37. The number of aromatic nitrogens is 2. The number of esters is 1. The average molecular weight is 280 g/mol. The van der Waals surface area contributed by atoms with Crippen molar-refractivity contribution in [2.45, 2.75) is 13.8 Å². The minimum atomic E-state index is -0.321. The summed E-state index contributed by atoms with van der Waals surface area (Å²) in [6.45, 7) is 4.19. The van der Waals surface area contributed by atoms with E-state index in [0.29, 0.717) is 12.2 Å². The topological polar surface area (TPSA) is 43.6 Å². The number of hydrogen-bond donors (Lipinski definition) is 0. The Balaban J connectivity index is 2.25. The maximum atomic E-state index is 12.2. The molecule has 106 valence electrons. The van der Waals surface area contributed by atoms with Crippen LogP contribution in [0.15, 0.2) is 48.9 Å². The quantitative estimate of drug-likeness (QED) is 0.690. The number of imidazole rings is 1. The Morgan fingerprint density at radius 2 is 1.95 bits per heavy atom. The van der Waals surface area contributed by atoms with Crippen molar-refractivity contribution in [2.75, 3.05) is 6.61 Å². The molecule has 3 aromatic rings. The predicted octanol–water partition coefficient (Wildman–Crippen LogP) is 3.49. The molecule has 3 rings (SSSR count). The van der Waals surface area contributed by atoms with Gasteiger partial charge in [-0.05, 0) is 25.5 Å². The molecule has 0 radical (unpaired) electrons. The summed E-state index contributed by atoms with van der Waals surface area (Å²) >= 11 is 0. The first-order valence-electron chi connectivity index (χ1n) is 6.90. The van der Waals surface area contributed by atoms with Gasteiger partial charge in [-0.15, -0.1) is 0 Å². The van der Waals surface area contributed by atoms with Crippen molar-refractivity contribution in [1.29, 1.82) is 0 Å². The van der Waals surface area contributed by atoms with Crippen LogP contribution in [0.25, 0.3) is 16.8 Å². The summed E-state index contributed by atoms with van der Waals surface area (Å²) in [6, 6.07) is 9.83. The number of nitrogens with zero attached hydrogens (tertiary/aromatic N) is 2.